The zero-order valence-electron chi connectivity index (χ0n) is 25.9. The van der Waals surface area contributed by atoms with Gasteiger partial charge in [-0.05, 0) is 55.2 Å². The summed E-state index contributed by atoms with van der Waals surface area (Å²) in [5.41, 5.74) is 0.725. The molecular weight excluding hydrogens is 673 g/mol. The van der Waals surface area contributed by atoms with Crippen molar-refractivity contribution in [1.82, 2.24) is 19.6 Å². The molecule has 0 aliphatic carbocycles. The van der Waals surface area contributed by atoms with Gasteiger partial charge in [0.05, 0.1) is 18.1 Å². The van der Waals surface area contributed by atoms with Crippen LogP contribution in [0.5, 0.6) is 0 Å². The van der Waals surface area contributed by atoms with E-state index in [9.17, 15) is 31.2 Å². The fourth-order valence-electron chi connectivity index (χ4n) is 5.66. The molecule has 1 aliphatic rings. The number of carbonyl (C=O) groups is 2. The topological polar surface area (TPSA) is 133 Å². The Balaban J connectivity index is 1.35. The van der Waals surface area contributed by atoms with E-state index in [0.717, 1.165) is 29.7 Å². The Morgan fingerprint density at radius 3 is 2.42 bits per heavy atom. The maximum Gasteiger partial charge on any atom is 0.262 e. The molecule has 16 heteroatoms. The quantitative estimate of drug-likeness (QED) is 0.185. The maximum absolute atomic E-state index is 15.2. The van der Waals surface area contributed by atoms with Crippen LogP contribution in [0.3, 0.4) is 0 Å². The number of rotatable bonds is 11. The molecule has 2 aromatic carbocycles. The summed E-state index contributed by atoms with van der Waals surface area (Å²) in [7, 11) is -4.09. The average Bonchev–Trinajstić information content (AvgIpc) is 3.39. The number of sulfonamides is 1. The van der Waals surface area contributed by atoms with Crippen LogP contribution in [0.4, 0.5) is 28.4 Å². The van der Waals surface area contributed by atoms with Crippen molar-refractivity contribution in [3.8, 4) is 0 Å². The maximum atomic E-state index is 15.2. The molecule has 1 saturated heterocycles. The van der Waals surface area contributed by atoms with Crippen molar-refractivity contribution in [1.29, 1.82) is 0 Å². The van der Waals surface area contributed by atoms with Crippen LogP contribution in [0.1, 0.15) is 47.3 Å². The minimum atomic E-state index is -4.09. The molecule has 3 heterocycles. The molecule has 2 atom stereocenters. The zero-order chi connectivity index (χ0) is 34.6. The van der Waals surface area contributed by atoms with Crippen LogP contribution in [0.2, 0.25) is 0 Å². The number of nitrogens with one attached hydrogen (secondary N) is 3. The van der Waals surface area contributed by atoms with E-state index in [1.54, 1.807) is 6.92 Å². The van der Waals surface area contributed by atoms with Crippen LogP contribution >= 0.6 is 11.3 Å². The largest absolute Gasteiger partial charge is 0.324 e. The predicted octanol–water partition coefficient (Wildman–Crippen LogP) is 5.12. The summed E-state index contributed by atoms with van der Waals surface area (Å²) in [6.45, 7) is 3.68. The zero-order valence-corrected chi connectivity index (χ0v) is 27.5. The van der Waals surface area contributed by atoms with Gasteiger partial charge in [-0.15, -0.1) is 11.3 Å². The summed E-state index contributed by atoms with van der Waals surface area (Å²) in [5, 5.41) is 8.31. The minimum Gasteiger partial charge on any atom is -0.324 e. The second kappa shape index (κ2) is 14.9. The number of halogens is 4. The lowest BCUT2D eigenvalue weighted by Crippen LogP contribution is -2.53. The van der Waals surface area contributed by atoms with Gasteiger partial charge in [-0.3, -0.25) is 14.6 Å². The minimum absolute atomic E-state index is 0.0199. The Kier molecular flexibility index (Phi) is 10.9. The molecule has 3 N–H and O–H groups in total. The van der Waals surface area contributed by atoms with E-state index in [-0.39, 0.29) is 65.2 Å². The predicted molar refractivity (Wildman–Crippen MR) is 172 cm³/mol. The molecule has 2 amide bonds. The number of hydrogen-bond donors (Lipinski definition) is 3. The van der Waals surface area contributed by atoms with Crippen molar-refractivity contribution in [2.75, 3.05) is 30.3 Å². The van der Waals surface area contributed by atoms with E-state index >= 15 is 4.39 Å². The number of thiazole rings is 1. The Morgan fingerprint density at radius 2 is 1.73 bits per heavy atom. The van der Waals surface area contributed by atoms with Crippen molar-refractivity contribution in [2.45, 2.75) is 50.1 Å². The first-order chi connectivity index (χ1) is 22.8. The van der Waals surface area contributed by atoms with E-state index in [1.165, 1.54) is 41.7 Å². The lowest BCUT2D eigenvalue weighted by molar-refractivity contribution is -0.116. The molecule has 48 heavy (non-hydrogen) atoms. The first-order valence-corrected chi connectivity index (χ1v) is 17.2. The summed E-state index contributed by atoms with van der Waals surface area (Å²) in [4.78, 5) is 33.3. The number of nitrogens with zero attached hydrogens (tertiary/aromatic N) is 3. The number of hydrogen-bond acceptors (Lipinski definition) is 8. The van der Waals surface area contributed by atoms with Gasteiger partial charge < -0.3 is 16.0 Å². The molecule has 5 rings (SSSR count). The second-order valence-electron chi connectivity index (χ2n) is 11.3. The summed E-state index contributed by atoms with van der Waals surface area (Å²) < 4.78 is 85.9. The Morgan fingerprint density at radius 1 is 1.02 bits per heavy atom. The van der Waals surface area contributed by atoms with E-state index in [4.69, 9.17) is 0 Å². The van der Waals surface area contributed by atoms with Crippen LogP contribution in [-0.2, 0) is 26.0 Å². The van der Waals surface area contributed by atoms with E-state index in [2.05, 4.69) is 25.9 Å². The summed E-state index contributed by atoms with van der Waals surface area (Å²) in [5.74, 6) is -4.82. The van der Waals surface area contributed by atoms with Gasteiger partial charge in [-0.25, -0.2) is 31.0 Å². The van der Waals surface area contributed by atoms with Crippen molar-refractivity contribution in [3.05, 3.63) is 99.7 Å². The molecule has 0 unspecified atom stereocenters. The Hall–Kier alpha value is -4.25. The Bertz CT molecular complexity index is 1900. The van der Waals surface area contributed by atoms with Gasteiger partial charge in [-0.1, -0.05) is 12.1 Å². The highest BCUT2D eigenvalue weighted by Gasteiger charge is 2.36. The van der Waals surface area contributed by atoms with Crippen LogP contribution in [0, 0.1) is 30.2 Å². The highest BCUT2D eigenvalue weighted by molar-refractivity contribution is 7.89. The van der Waals surface area contributed by atoms with Crippen LogP contribution in [0.25, 0.3) is 0 Å². The number of anilines is 2. The number of piperazine rings is 1. The molecule has 1 aliphatic heterocycles. The molecule has 4 aromatic rings. The average molecular weight is 705 g/mol. The van der Waals surface area contributed by atoms with Gasteiger partial charge >= 0.3 is 0 Å². The van der Waals surface area contributed by atoms with Gasteiger partial charge in [0.15, 0.2) is 10.2 Å². The molecular formula is C32H32F4N6O4S2. The van der Waals surface area contributed by atoms with Crippen molar-refractivity contribution < 1.29 is 35.6 Å². The highest BCUT2D eigenvalue weighted by atomic mass is 32.2. The third-order valence-electron chi connectivity index (χ3n) is 7.84. The second-order valence-corrected chi connectivity index (χ2v) is 14.3. The molecule has 0 saturated carbocycles. The van der Waals surface area contributed by atoms with Gasteiger partial charge in [0.1, 0.15) is 23.3 Å². The van der Waals surface area contributed by atoms with Gasteiger partial charge in [0.2, 0.25) is 11.8 Å². The fraction of sp³-hybridized carbons (Fsp3) is 0.312. The lowest BCUT2D eigenvalue weighted by atomic mass is 9.88. The number of aryl methyl sites for hydroxylation is 1. The van der Waals surface area contributed by atoms with Crippen molar-refractivity contribution in [3.63, 3.8) is 0 Å². The summed E-state index contributed by atoms with van der Waals surface area (Å²) in [6, 6.07) is 7.45. The molecule has 0 bridgehead atoms. The molecule has 0 spiro atoms. The van der Waals surface area contributed by atoms with Crippen LogP contribution in [-0.4, -0.2) is 60.2 Å². The van der Waals surface area contributed by atoms with Gasteiger partial charge in [0, 0.05) is 61.4 Å². The van der Waals surface area contributed by atoms with Crippen LogP contribution in [0.15, 0.2) is 59.9 Å². The molecule has 254 valence electrons. The van der Waals surface area contributed by atoms with E-state index in [1.807, 2.05) is 0 Å². The summed E-state index contributed by atoms with van der Waals surface area (Å²) in [6.07, 6.45) is 2.11. The third-order valence-corrected chi connectivity index (χ3v) is 10.8. The number of benzene rings is 2. The molecule has 2 aromatic heterocycles. The summed E-state index contributed by atoms with van der Waals surface area (Å²) >= 11 is 1.04. The van der Waals surface area contributed by atoms with Gasteiger partial charge in [-0.2, -0.15) is 4.31 Å². The smallest absolute Gasteiger partial charge is 0.262 e. The number of aromatic nitrogens is 2. The fourth-order valence-corrected chi connectivity index (χ4v) is 8.61. The highest BCUT2D eigenvalue weighted by Crippen LogP contribution is 2.32. The molecule has 10 nitrogen and oxygen atoms in total. The standard InChI is InChI=1S/C32H32F4N6O4S2/c1-18-31(41-32(47-18)39-19(2)43)48(45,46)42-10-9-37-15-25(42)7-8-26-28(36)16-38-17-29(26)40-30(44)14-27(20-3-5-22(33)6-4-20)21-11-23(34)13-24(35)12-21/h3-6,11-13,16-17,25,27,37H,7-10,14-15H2,1-2H3,(H,40,44)(H,39,41,43)/t25-,27-/m0/s1. The normalized spacial score (nSPS) is 16.0. The number of amides is 2. The van der Waals surface area contributed by atoms with E-state index in [0.29, 0.717) is 23.1 Å². The Labute approximate surface area is 278 Å². The first-order valence-electron chi connectivity index (χ1n) is 14.9. The SMILES string of the molecule is CC(=O)Nc1nc(S(=O)(=O)N2CCNC[C@@H]2CCc2c(F)cncc2NC(=O)C[C@@H](c2ccc(F)cc2)c2cc(F)cc(F)c2)c(C)s1. The first kappa shape index (κ1) is 35.1. The number of carbonyl (C=O) groups excluding carboxylic acids is 2. The van der Waals surface area contributed by atoms with E-state index < -0.39 is 51.2 Å². The van der Waals surface area contributed by atoms with Crippen molar-refractivity contribution >= 4 is 44.0 Å². The molecule has 1 fully saturated rings. The lowest BCUT2D eigenvalue weighted by Gasteiger charge is -2.35. The number of pyridine rings is 1. The van der Waals surface area contributed by atoms with Crippen molar-refractivity contribution in [2.24, 2.45) is 0 Å². The monoisotopic (exact) mass is 704 g/mol. The van der Waals surface area contributed by atoms with Gasteiger partial charge in [0.25, 0.3) is 10.0 Å². The molecule has 0 radical (unpaired) electrons. The van der Waals surface area contributed by atoms with Crippen LogP contribution < -0.4 is 16.0 Å². The third kappa shape index (κ3) is 8.24.